The molecule has 0 aromatic heterocycles. The number of carboxylic acids is 1. The van der Waals surface area contributed by atoms with Gasteiger partial charge in [0.1, 0.15) is 5.75 Å². The Kier molecular flexibility index (Phi) is 5.85. The average Bonchev–Trinajstić information content (AvgIpc) is 2.56. The quantitative estimate of drug-likeness (QED) is 0.454. The van der Waals surface area contributed by atoms with Crippen LogP contribution in [0.15, 0.2) is 42.5 Å². The minimum absolute atomic E-state index is 0.0928. The summed E-state index contributed by atoms with van der Waals surface area (Å²) in [6.45, 7) is 0. The molecule has 2 aromatic rings. The molecule has 0 radical (unpaired) electrons. The van der Waals surface area contributed by atoms with Crippen molar-refractivity contribution in [2.24, 2.45) is 0 Å². The van der Waals surface area contributed by atoms with Crippen molar-refractivity contribution in [2.45, 2.75) is 6.42 Å². The number of nitrogens with one attached hydrogen (secondary N) is 2. The molecule has 0 bridgehead atoms. The van der Waals surface area contributed by atoms with Crippen molar-refractivity contribution in [1.82, 2.24) is 0 Å². The summed E-state index contributed by atoms with van der Waals surface area (Å²) in [5, 5.41) is 27.4. The van der Waals surface area contributed by atoms with Crippen LogP contribution in [-0.2, 0) is 11.2 Å². The van der Waals surface area contributed by atoms with E-state index in [9.17, 15) is 20.0 Å². The van der Waals surface area contributed by atoms with E-state index in [0.717, 1.165) is 0 Å². The van der Waals surface area contributed by atoms with Crippen LogP contribution in [0.1, 0.15) is 5.56 Å². The van der Waals surface area contributed by atoms with Gasteiger partial charge in [-0.2, -0.15) is 0 Å². The van der Waals surface area contributed by atoms with Gasteiger partial charge in [-0.1, -0.05) is 12.1 Å². The number of anilines is 2. The minimum atomic E-state index is -1.15. The van der Waals surface area contributed by atoms with E-state index in [1.165, 1.54) is 25.3 Å². The van der Waals surface area contributed by atoms with Gasteiger partial charge in [-0.15, -0.1) is 0 Å². The van der Waals surface area contributed by atoms with Gasteiger partial charge in [0.25, 0.3) is 5.69 Å². The molecule has 9 heteroatoms. The Bertz CT molecular complexity index is 808. The first-order chi connectivity index (χ1) is 11.9. The average molecular weight is 360 g/mol. The Morgan fingerprint density at radius 3 is 2.44 bits per heavy atom. The van der Waals surface area contributed by atoms with Gasteiger partial charge in [-0.05, 0) is 36.0 Å². The van der Waals surface area contributed by atoms with E-state index in [1.807, 2.05) is 0 Å². The largest absolute Gasteiger partial charge is 0.550 e. The highest BCUT2D eigenvalue weighted by Gasteiger charge is 2.12. The molecule has 0 heterocycles. The third kappa shape index (κ3) is 5.15. The van der Waals surface area contributed by atoms with Crippen LogP contribution in [0.25, 0.3) is 0 Å². The fourth-order valence-corrected chi connectivity index (χ4v) is 2.28. The fourth-order valence-electron chi connectivity index (χ4n) is 2.05. The Hall–Kier alpha value is -3.20. The molecule has 130 valence electrons. The van der Waals surface area contributed by atoms with Crippen molar-refractivity contribution in [1.29, 1.82) is 0 Å². The van der Waals surface area contributed by atoms with Crippen LogP contribution >= 0.6 is 12.2 Å². The molecule has 2 N–H and O–H groups in total. The molecule has 8 nitrogen and oxygen atoms in total. The molecule has 0 spiro atoms. The van der Waals surface area contributed by atoms with E-state index in [0.29, 0.717) is 16.9 Å². The summed E-state index contributed by atoms with van der Waals surface area (Å²) in [5.41, 5.74) is 1.64. The molecule has 0 fully saturated rings. The Morgan fingerprint density at radius 2 is 1.88 bits per heavy atom. The third-order valence-corrected chi connectivity index (χ3v) is 3.41. The summed E-state index contributed by atoms with van der Waals surface area (Å²) in [6.07, 6.45) is -0.164. The highest BCUT2D eigenvalue weighted by atomic mass is 32.1. The molecule has 0 amide bonds. The van der Waals surface area contributed by atoms with Gasteiger partial charge in [0, 0.05) is 24.1 Å². The monoisotopic (exact) mass is 360 g/mol. The zero-order valence-electron chi connectivity index (χ0n) is 13.1. The predicted octanol–water partition coefficient (Wildman–Crippen LogP) is 1.70. The number of benzene rings is 2. The van der Waals surface area contributed by atoms with Crippen LogP contribution in [0.2, 0.25) is 0 Å². The lowest BCUT2D eigenvalue weighted by atomic mass is 10.1. The SMILES string of the molecule is COc1cc([N+](=O)[O-])ccc1NC(=S)Nc1ccc(CC(=O)[O-])cc1. The second-order valence-corrected chi connectivity index (χ2v) is 5.37. The number of nitro groups is 1. The maximum Gasteiger partial charge on any atom is 0.273 e. The van der Waals surface area contributed by atoms with E-state index < -0.39 is 10.9 Å². The number of aliphatic carboxylic acids is 1. The smallest absolute Gasteiger partial charge is 0.273 e. The minimum Gasteiger partial charge on any atom is -0.550 e. The number of ether oxygens (including phenoxy) is 1. The number of carbonyl (C=O) groups is 1. The first kappa shape index (κ1) is 18.1. The Balaban J connectivity index is 2.04. The van der Waals surface area contributed by atoms with E-state index >= 15 is 0 Å². The number of thiocarbonyl (C=S) groups is 1. The van der Waals surface area contributed by atoms with E-state index in [4.69, 9.17) is 17.0 Å². The number of hydrogen-bond donors (Lipinski definition) is 2. The molecule has 0 saturated carbocycles. The molecular weight excluding hydrogens is 346 g/mol. The molecule has 0 aliphatic rings. The predicted molar refractivity (Wildman–Crippen MR) is 94.6 cm³/mol. The number of non-ortho nitro benzene ring substituents is 1. The van der Waals surface area contributed by atoms with Gasteiger partial charge in [0.15, 0.2) is 5.11 Å². The molecule has 0 aliphatic carbocycles. The van der Waals surface area contributed by atoms with Crippen molar-refractivity contribution in [3.8, 4) is 5.75 Å². The third-order valence-electron chi connectivity index (χ3n) is 3.20. The summed E-state index contributed by atoms with van der Waals surface area (Å²) >= 11 is 5.20. The topological polar surface area (TPSA) is 117 Å². The molecule has 2 rings (SSSR count). The summed E-state index contributed by atoms with van der Waals surface area (Å²) in [5.74, 6) is -0.870. The standard InChI is InChI=1S/C16H15N3O5S/c1-24-14-9-12(19(22)23)6-7-13(14)18-16(25)17-11-4-2-10(3-5-11)8-15(20)21/h2-7,9H,8H2,1H3,(H,20,21)(H2,17,18,25)/p-1. The van der Waals surface area contributed by atoms with E-state index in [2.05, 4.69) is 10.6 Å². The van der Waals surface area contributed by atoms with Crippen LogP contribution in [0.4, 0.5) is 17.1 Å². The molecule has 0 atom stereocenters. The normalized spacial score (nSPS) is 9.96. The lowest BCUT2D eigenvalue weighted by Gasteiger charge is -2.13. The van der Waals surface area contributed by atoms with Crippen molar-refractivity contribution < 1.29 is 19.6 Å². The van der Waals surface area contributed by atoms with Gasteiger partial charge >= 0.3 is 0 Å². The fraction of sp³-hybridized carbons (Fsp3) is 0.125. The molecule has 25 heavy (non-hydrogen) atoms. The van der Waals surface area contributed by atoms with Crippen LogP contribution in [0, 0.1) is 10.1 Å². The summed E-state index contributed by atoms with van der Waals surface area (Å²) in [4.78, 5) is 20.8. The first-order valence-corrected chi connectivity index (χ1v) is 7.49. The Labute approximate surface area is 148 Å². The van der Waals surface area contributed by atoms with Crippen molar-refractivity contribution in [3.63, 3.8) is 0 Å². The molecule has 0 unspecified atom stereocenters. The maximum absolute atomic E-state index is 10.8. The summed E-state index contributed by atoms with van der Waals surface area (Å²) in [7, 11) is 1.40. The van der Waals surface area contributed by atoms with Crippen LogP contribution in [0.3, 0.4) is 0 Å². The van der Waals surface area contributed by atoms with Gasteiger partial charge in [0.05, 0.1) is 23.8 Å². The maximum atomic E-state index is 10.8. The van der Waals surface area contributed by atoms with Crippen LogP contribution < -0.4 is 20.5 Å². The van der Waals surface area contributed by atoms with Crippen LogP contribution in [-0.4, -0.2) is 23.1 Å². The number of carbonyl (C=O) groups excluding carboxylic acids is 1. The first-order valence-electron chi connectivity index (χ1n) is 7.08. The number of hydrogen-bond acceptors (Lipinski definition) is 6. The number of carboxylic acid groups (broad SMARTS) is 1. The molecule has 0 saturated heterocycles. The van der Waals surface area contributed by atoms with Gasteiger partial charge in [-0.25, -0.2) is 0 Å². The highest BCUT2D eigenvalue weighted by Crippen LogP contribution is 2.29. The van der Waals surface area contributed by atoms with E-state index in [-0.39, 0.29) is 23.0 Å². The zero-order valence-corrected chi connectivity index (χ0v) is 14.0. The van der Waals surface area contributed by atoms with Gasteiger partial charge in [0.2, 0.25) is 0 Å². The number of nitrogens with zero attached hydrogens (tertiary/aromatic N) is 1. The zero-order chi connectivity index (χ0) is 18.4. The molecule has 2 aromatic carbocycles. The van der Waals surface area contributed by atoms with Crippen molar-refractivity contribution in [3.05, 3.63) is 58.1 Å². The number of rotatable bonds is 6. The van der Waals surface area contributed by atoms with Gasteiger partial charge in [-0.3, -0.25) is 10.1 Å². The van der Waals surface area contributed by atoms with E-state index in [1.54, 1.807) is 24.3 Å². The summed E-state index contributed by atoms with van der Waals surface area (Å²) < 4.78 is 5.12. The summed E-state index contributed by atoms with van der Waals surface area (Å²) in [6, 6.07) is 10.8. The highest BCUT2D eigenvalue weighted by molar-refractivity contribution is 7.80. The van der Waals surface area contributed by atoms with Crippen molar-refractivity contribution >= 4 is 40.4 Å². The second-order valence-electron chi connectivity index (χ2n) is 4.97. The second kappa shape index (κ2) is 8.06. The van der Waals surface area contributed by atoms with Crippen LogP contribution in [0.5, 0.6) is 5.75 Å². The van der Waals surface area contributed by atoms with Gasteiger partial charge < -0.3 is 25.3 Å². The molecule has 0 aliphatic heterocycles. The number of methoxy groups -OCH3 is 1. The lowest BCUT2D eigenvalue weighted by molar-refractivity contribution is -0.384. The van der Waals surface area contributed by atoms with Crippen molar-refractivity contribution in [2.75, 3.05) is 17.7 Å². The molecular formula is C16H14N3O5S-. The Morgan fingerprint density at radius 1 is 1.20 bits per heavy atom. The number of nitro benzene ring substituents is 1. The lowest BCUT2D eigenvalue weighted by Crippen LogP contribution is -2.24.